The summed E-state index contributed by atoms with van der Waals surface area (Å²) in [5, 5.41) is 16.4. The van der Waals surface area contributed by atoms with Crippen molar-refractivity contribution in [2.24, 2.45) is 11.5 Å². The summed E-state index contributed by atoms with van der Waals surface area (Å²) < 4.78 is 13.1. The fraction of sp³-hybridized carbons (Fsp3) is 0.435. The molecule has 0 aromatic heterocycles. The van der Waals surface area contributed by atoms with Crippen LogP contribution in [0.2, 0.25) is 5.02 Å². The minimum atomic E-state index is -1.23. The molecule has 36 heavy (non-hydrogen) atoms. The number of aliphatic carboxylic acids is 1. The van der Waals surface area contributed by atoms with Crippen LogP contribution in [0, 0.1) is 5.82 Å². The Hall–Kier alpha value is -3.51. The summed E-state index contributed by atoms with van der Waals surface area (Å²) in [6.45, 7) is 1.77. The van der Waals surface area contributed by atoms with Gasteiger partial charge in [0.05, 0.1) is 5.02 Å². The number of halogens is 2. The van der Waals surface area contributed by atoms with E-state index in [1.54, 1.807) is 0 Å². The lowest BCUT2D eigenvalue weighted by molar-refractivity contribution is -0.142. The maximum Gasteiger partial charge on any atom is 0.326 e. The quantitative estimate of drug-likeness (QED) is 0.141. The van der Waals surface area contributed by atoms with Gasteiger partial charge in [-0.3, -0.25) is 19.2 Å². The molecule has 0 spiro atoms. The molecule has 0 radical (unpaired) electrons. The van der Waals surface area contributed by atoms with Crippen molar-refractivity contribution in [3.05, 3.63) is 40.7 Å². The van der Waals surface area contributed by atoms with Gasteiger partial charge in [0, 0.05) is 12.5 Å². The summed E-state index contributed by atoms with van der Waals surface area (Å²) in [5.74, 6) is -4.63. The zero-order valence-corrected chi connectivity index (χ0v) is 20.5. The van der Waals surface area contributed by atoms with Crippen LogP contribution in [0.3, 0.4) is 0 Å². The maximum atomic E-state index is 13.1. The first-order chi connectivity index (χ1) is 16.9. The average molecular weight is 528 g/mol. The van der Waals surface area contributed by atoms with Gasteiger partial charge in [-0.1, -0.05) is 17.7 Å². The van der Waals surface area contributed by atoms with Gasteiger partial charge >= 0.3 is 5.97 Å². The Labute approximate surface area is 212 Å². The van der Waals surface area contributed by atoms with E-state index in [1.165, 1.54) is 25.1 Å². The van der Waals surface area contributed by atoms with E-state index in [9.17, 15) is 33.5 Å². The standard InChI is InChI=1S/C23H31ClFN5O6/c1-13(28-19(31)9-6-14-5-7-15(25)12-16(14)24)22(34)30-17(21(27)33)8-10-20(32)29-18(23(35)36)4-2-3-11-26/h5-7,9,12-13,17-18H,2-4,8,10-11,26H2,1H3,(H2,27,33)(H,28,31)(H,29,32)(H,30,34)(H,35,36)/b9-6+/t13-,17+,18?/m0/s1. The van der Waals surface area contributed by atoms with Crippen LogP contribution in [0.15, 0.2) is 24.3 Å². The van der Waals surface area contributed by atoms with Crippen LogP contribution in [0.1, 0.15) is 44.6 Å². The highest BCUT2D eigenvalue weighted by Crippen LogP contribution is 2.18. The number of unbranched alkanes of at least 4 members (excludes halogenated alkanes) is 1. The van der Waals surface area contributed by atoms with E-state index < -0.39 is 53.5 Å². The van der Waals surface area contributed by atoms with Crippen LogP contribution in [-0.2, 0) is 24.0 Å². The van der Waals surface area contributed by atoms with Gasteiger partial charge in [0.15, 0.2) is 0 Å². The smallest absolute Gasteiger partial charge is 0.326 e. The van der Waals surface area contributed by atoms with Crippen LogP contribution in [0.25, 0.3) is 6.08 Å². The number of hydrogen-bond acceptors (Lipinski definition) is 6. The number of hydrogen-bond donors (Lipinski definition) is 6. The van der Waals surface area contributed by atoms with Crippen molar-refractivity contribution in [3.63, 3.8) is 0 Å². The van der Waals surface area contributed by atoms with Crippen molar-refractivity contribution < 1.29 is 33.5 Å². The normalized spacial score (nSPS) is 13.4. The molecule has 11 nitrogen and oxygen atoms in total. The van der Waals surface area contributed by atoms with E-state index in [1.807, 2.05) is 0 Å². The predicted octanol–water partition coefficient (Wildman–Crippen LogP) is 0.446. The molecule has 0 aliphatic rings. The van der Waals surface area contributed by atoms with Crippen LogP contribution >= 0.6 is 11.6 Å². The number of rotatable bonds is 15. The monoisotopic (exact) mass is 527 g/mol. The van der Waals surface area contributed by atoms with E-state index in [0.717, 1.165) is 12.1 Å². The lowest BCUT2D eigenvalue weighted by atomic mass is 10.1. The van der Waals surface area contributed by atoms with Gasteiger partial charge in [-0.15, -0.1) is 0 Å². The van der Waals surface area contributed by atoms with Gasteiger partial charge in [0.1, 0.15) is 23.9 Å². The van der Waals surface area contributed by atoms with Crippen molar-refractivity contribution in [1.29, 1.82) is 0 Å². The number of carbonyl (C=O) groups excluding carboxylic acids is 4. The molecule has 13 heteroatoms. The number of benzene rings is 1. The molecule has 4 amide bonds. The van der Waals surface area contributed by atoms with Crippen LogP contribution in [0.4, 0.5) is 4.39 Å². The molecular formula is C23H31ClFN5O6. The summed E-state index contributed by atoms with van der Waals surface area (Å²) in [6.07, 6.45) is 3.33. The molecule has 0 heterocycles. The lowest BCUT2D eigenvalue weighted by Crippen LogP contribution is -2.52. The third kappa shape index (κ3) is 11.3. The van der Waals surface area contributed by atoms with Crippen molar-refractivity contribution in [1.82, 2.24) is 16.0 Å². The summed E-state index contributed by atoms with van der Waals surface area (Å²) in [6, 6.07) is 0.247. The van der Waals surface area contributed by atoms with E-state index in [-0.39, 0.29) is 24.3 Å². The topological polar surface area (TPSA) is 194 Å². The molecule has 8 N–H and O–H groups in total. The summed E-state index contributed by atoms with van der Waals surface area (Å²) in [7, 11) is 0. The highest BCUT2D eigenvalue weighted by atomic mass is 35.5. The zero-order valence-electron chi connectivity index (χ0n) is 19.8. The minimum absolute atomic E-state index is 0.100. The second-order valence-electron chi connectivity index (χ2n) is 7.97. The molecule has 0 saturated heterocycles. The van der Waals surface area contributed by atoms with Gasteiger partial charge in [-0.2, -0.15) is 0 Å². The number of nitrogens with one attached hydrogen (secondary N) is 3. The molecule has 0 fully saturated rings. The zero-order chi connectivity index (χ0) is 27.3. The van der Waals surface area contributed by atoms with Gasteiger partial charge in [0.25, 0.3) is 0 Å². The highest BCUT2D eigenvalue weighted by Gasteiger charge is 2.24. The van der Waals surface area contributed by atoms with Gasteiger partial charge in [0.2, 0.25) is 23.6 Å². The molecule has 3 atom stereocenters. The molecule has 1 rings (SSSR count). The van der Waals surface area contributed by atoms with Gasteiger partial charge < -0.3 is 32.5 Å². The average Bonchev–Trinajstić information content (AvgIpc) is 2.80. The Morgan fingerprint density at radius 2 is 1.78 bits per heavy atom. The Kier molecular flexibility index (Phi) is 13.1. The highest BCUT2D eigenvalue weighted by molar-refractivity contribution is 6.32. The van der Waals surface area contributed by atoms with Crippen LogP contribution in [-0.4, -0.2) is 59.4 Å². The Balaban J connectivity index is 2.60. The number of amides is 4. The predicted molar refractivity (Wildman–Crippen MR) is 131 cm³/mol. The minimum Gasteiger partial charge on any atom is -0.480 e. The van der Waals surface area contributed by atoms with E-state index >= 15 is 0 Å². The van der Waals surface area contributed by atoms with E-state index in [2.05, 4.69) is 16.0 Å². The number of carboxylic acids is 1. The number of nitrogens with two attached hydrogens (primary N) is 2. The lowest BCUT2D eigenvalue weighted by Gasteiger charge is -2.19. The molecule has 1 unspecified atom stereocenters. The molecule has 198 valence electrons. The van der Waals surface area contributed by atoms with Crippen LogP contribution in [0.5, 0.6) is 0 Å². The summed E-state index contributed by atoms with van der Waals surface area (Å²) in [5.41, 5.74) is 11.1. The summed E-state index contributed by atoms with van der Waals surface area (Å²) >= 11 is 5.89. The number of carbonyl (C=O) groups is 5. The third-order valence-corrected chi connectivity index (χ3v) is 5.36. The first kappa shape index (κ1) is 30.5. The Bertz CT molecular complexity index is 990. The molecule has 1 aromatic rings. The summed E-state index contributed by atoms with van der Waals surface area (Å²) in [4.78, 5) is 59.7. The van der Waals surface area contributed by atoms with Crippen molar-refractivity contribution in [2.45, 2.75) is 57.2 Å². The van der Waals surface area contributed by atoms with E-state index in [0.29, 0.717) is 24.9 Å². The molecule has 0 aliphatic heterocycles. The molecule has 0 aliphatic carbocycles. The largest absolute Gasteiger partial charge is 0.480 e. The Morgan fingerprint density at radius 1 is 1.08 bits per heavy atom. The molecule has 0 saturated carbocycles. The second kappa shape index (κ2) is 15.5. The van der Waals surface area contributed by atoms with E-state index in [4.69, 9.17) is 23.1 Å². The fourth-order valence-corrected chi connectivity index (χ4v) is 3.23. The van der Waals surface area contributed by atoms with Gasteiger partial charge in [-0.25, -0.2) is 9.18 Å². The SMILES string of the molecule is C[C@H](NC(=O)/C=C/c1ccc(F)cc1Cl)C(=O)N[C@H](CCC(=O)NC(CCCCN)C(=O)O)C(N)=O. The molecule has 0 bridgehead atoms. The molecule has 1 aromatic carbocycles. The van der Waals surface area contributed by atoms with Crippen molar-refractivity contribution in [3.8, 4) is 0 Å². The van der Waals surface area contributed by atoms with Crippen LogP contribution < -0.4 is 27.4 Å². The first-order valence-electron chi connectivity index (χ1n) is 11.2. The fourth-order valence-electron chi connectivity index (χ4n) is 3.00. The number of primary amides is 1. The van der Waals surface area contributed by atoms with Crippen molar-refractivity contribution in [2.75, 3.05) is 6.54 Å². The third-order valence-electron chi connectivity index (χ3n) is 5.03. The number of carboxylic acid groups (broad SMARTS) is 1. The second-order valence-corrected chi connectivity index (χ2v) is 8.38. The Morgan fingerprint density at radius 3 is 2.36 bits per heavy atom. The maximum absolute atomic E-state index is 13.1. The van der Waals surface area contributed by atoms with Crippen molar-refractivity contribution >= 4 is 47.3 Å². The first-order valence-corrected chi connectivity index (χ1v) is 11.6. The van der Waals surface area contributed by atoms with Gasteiger partial charge in [-0.05, 0) is 62.9 Å². The molecular weight excluding hydrogens is 497 g/mol.